The van der Waals surface area contributed by atoms with Gasteiger partial charge in [-0.3, -0.25) is 0 Å². The smallest absolute Gasteiger partial charge is 0.138 e. The molecule has 0 fully saturated rings. The van der Waals surface area contributed by atoms with Crippen LogP contribution in [0.2, 0.25) is 0 Å². The van der Waals surface area contributed by atoms with E-state index in [-0.39, 0.29) is 0 Å². The molecule has 2 nitrogen and oxygen atoms in total. The lowest BCUT2D eigenvalue weighted by Crippen LogP contribution is -2.01. The van der Waals surface area contributed by atoms with Crippen molar-refractivity contribution in [1.29, 1.82) is 0 Å². The van der Waals surface area contributed by atoms with Crippen molar-refractivity contribution in [2.24, 2.45) is 0 Å². The van der Waals surface area contributed by atoms with E-state index in [0.717, 1.165) is 31.6 Å². The Morgan fingerprint density at radius 2 is 1.12 bits per heavy atom. The molecule has 0 saturated carbocycles. The molecule has 0 radical (unpaired) electrons. The van der Waals surface area contributed by atoms with Gasteiger partial charge in [0.2, 0.25) is 0 Å². The minimum absolute atomic E-state index is 0.708. The number of benzene rings is 1. The third-order valence-corrected chi connectivity index (χ3v) is 5.35. The molecule has 0 amide bonds. The molecule has 0 unspecified atom stereocenters. The van der Waals surface area contributed by atoms with Gasteiger partial charge in [0, 0.05) is 21.8 Å². The molecule has 1 aromatic carbocycles. The van der Waals surface area contributed by atoms with E-state index in [4.69, 9.17) is 9.47 Å². The maximum absolute atomic E-state index is 5.41. The Balaban J connectivity index is 3.61. The molecule has 0 aliphatic heterocycles. The van der Waals surface area contributed by atoms with E-state index in [0.29, 0.717) is 10.7 Å². The quantitative estimate of drug-likeness (QED) is 0.562. The van der Waals surface area contributed by atoms with Crippen molar-refractivity contribution in [1.82, 2.24) is 0 Å². The molecular formula is C10H10Br4O2. The van der Waals surface area contributed by atoms with E-state index in [1.807, 2.05) is 0 Å². The van der Waals surface area contributed by atoms with Crippen molar-refractivity contribution in [3.05, 3.63) is 20.1 Å². The van der Waals surface area contributed by atoms with Crippen LogP contribution in [0, 0.1) is 0 Å². The van der Waals surface area contributed by atoms with Crippen molar-refractivity contribution < 1.29 is 9.47 Å². The minimum Gasteiger partial charge on any atom is -0.495 e. The fourth-order valence-electron chi connectivity index (χ4n) is 1.45. The van der Waals surface area contributed by atoms with Gasteiger partial charge in [-0.25, -0.2) is 0 Å². The third kappa shape index (κ3) is 2.60. The van der Waals surface area contributed by atoms with Crippen LogP contribution in [0.4, 0.5) is 0 Å². The molecule has 0 aliphatic rings. The highest BCUT2D eigenvalue weighted by Gasteiger charge is 2.21. The summed E-state index contributed by atoms with van der Waals surface area (Å²) in [6.45, 7) is 0. The zero-order valence-corrected chi connectivity index (χ0v) is 15.1. The van der Waals surface area contributed by atoms with Crippen LogP contribution in [0.3, 0.4) is 0 Å². The van der Waals surface area contributed by atoms with Crippen LogP contribution in [-0.2, 0) is 10.7 Å². The summed E-state index contributed by atoms with van der Waals surface area (Å²) in [4.78, 5) is 0. The zero-order chi connectivity index (χ0) is 12.3. The number of hydrogen-bond acceptors (Lipinski definition) is 2. The molecule has 16 heavy (non-hydrogen) atoms. The van der Waals surface area contributed by atoms with Crippen LogP contribution in [0.25, 0.3) is 0 Å². The molecule has 0 heterocycles. The Labute approximate surface area is 129 Å². The summed E-state index contributed by atoms with van der Waals surface area (Å²) in [5.41, 5.74) is 2.15. The molecule has 0 saturated heterocycles. The van der Waals surface area contributed by atoms with Crippen molar-refractivity contribution in [3.8, 4) is 11.5 Å². The average molecular weight is 482 g/mol. The number of methoxy groups -OCH3 is 2. The van der Waals surface area contributed by atoms with Crippen molar-refractivity contribution in [2.45, 2.75) is 10.7 Å². The van der Waals surface area contributed by atoms with Crippen LogP contribution in [-0.4, -0.2) is 14.2 Å². The van der Waals surface area contributed by atoms with Gasteiger partial charge in [-0.2, -0.15) is 0 Å². The first-order chi connectivity index (χ1) is 7.62. The van der Waals surface area contributed by atoms with Crippen LogP contribution >= 0.6 is 63.7 Å². The predicted octanol–water partition coefficient (Wildman–Crippen LogP) is 5.02. The largest absolute Gasteiger partial charge is 0.495 e. The Morgan fingerprint density at radius 3 is 1.31 bits per heavy atom. The van der Waals surface area contributed by atoms with E-state index in [1.165, 1.54) is 0 Å². The van der Waals surface area contributed by atoms with E-state index >= 15 is 0 Å². The standard InChI is InChI=1S/C10H10Br4O2/c1-15-9-5(3-11)6(4-12)10(16-2)8(14)7(9)13/h3-4H2,1-2H3. The first kappa shape index (κ1) is 14.8. The summed E-state index contributed by atoms with van der Waals surface area (Å²) in [7, 11) is 3.31. The molecule has 1 aromatic rings. The van der Waals surface area contributed by atoms with Gasteiger partial charge in [-0.05, 0) is 31.9 Å². The second kappa shape index (κ2) is 6.61. The molecule has 90 valence electrons. The lowest BCUT2D eigenvalue weighted by molar-refractivity contribution is 0.393. The lowest BCUT2D eigenvalue weighted by atomic mass is 10.1. The monoisotopic (exact) mass is 478 g/mol. The molecule has 0 N–H and O–H groups in total. The summed E-state index contributed by atoms with van der Waals surface area (Å²) in [5.74, 6) is 1.64. The van der Waals surface area contributed by atoms with Gasteiger partial charge in [0.05, 0.1) is 23.2 Å². The summed E-state index contributed by atoms with van der Waals surface area (Å²) < 4.78 is 12.5. The number of rotatable bonds is 4. The number of hydrogen-bond donors (Lipinski definition) is 0. The molecule has 6 heteroatoms. The summed E-state index contributed by atoms with van der Waals surface area (Å²) >= 11 is 13.9. The summed E-state index contributed by atoms with van der Waals surface area (Å²) in [5, 5.41) is 1.42. The normalized spacial score (nSPS) is 10.4. The van der Waals surface area contributed by atoms with Gasteiger partial charge >= 0.3 is 0 Å². The molecule has 0 aliphatic carbocycles. The highest BCUT2D eigenvalue weighted by atomic mass is 79.9. The fourth-order valence-corrected chi connectivity index (χ4v) is 3.80. The molecule has 1 rings (SSSR count). The summed E-state index contributed by atoms with van der Waals surface area (Å²) in [6, 6.07) is 0. The van der Waals surface area contributed by atoms with Crippen LogP contribution in [0.1, 0.15) is 11.1 Å². The van der Waals surface area contributed by atoms with E-state index in [9.17, 15) is 0 Å². The maximum atomic E-state index is 5.41. The van der Waals surface area contributed by atoms with E-state index in [2.05, 4.69) is 63.7 Å². The van der Waals surface area contributed by atoms with E-state index in [1.54, 1.807) is 14.2 Å². The second-order valence-corrected chi connectivity index (χ2v) is 5.63. The van der Waals surface area contributed by atoms with Crippen LogP contribution < -0.4 is 9.47 Å². The highest BCUT2D eigenvalue weighted by Crippen LogP contribution is 2.46. The second-order valence-electron chi connectivity index (χ2n) is 2.92. The lowest BCUT2D eigenvalue weighted by Gasteiger charge is -2.18. The fraction of sp³-hybridized carbons (Fsp3) is 0.400. The Hall–Kier alpha value is 0.740. The van der Waals surface area contributed by atoms with Gasteiger partial charge < -0.3 is 9.47 Å². The highest BCUT2D eigenvalue weighted by molar-refractivity contribution is 9.13. The van der Waals surface area contributed by atoms with Crippen molar-refractivity contribution >= 4 is 63.7 Å². The van der Waals surface area contributed by atoms with Crippen molar-refractivity contribution in [3.63, 3.8) is 0 Å². The third-order valence-electron chi connectivity index (χ3n) is 2.18. The van der Waals surface area contributed by atoms with Gasteiger partial charge in [0.25, 0.3) is 0 Å². The van der Waals surface area contributed by atoms with Crippen LogP contribution in [0.15, 0.2) is 8.95 Å². The first-order valence-electron chi connectivity index (χ1n) is 4.34. The zero-order valence-electron chi connectivity index (χ0n) is 8.74. The number of ether oxygens (including phenoxy) is 2. The Kier molecular flexibility index (Phi) is 6.12. The number of alkyl halides is 2. The van der Waals surface area contributed by atoms with Gasteiger partial charge in [-0.15, -0.1) is 0 Å². The maximum Gasteiger partial charge on any atom is 0.138 e. The van der Waals surface area contributed by atoms with Gasteiger partial charge in [-0.1, -0.05) is 31.9 Å². The molecule has 0 atom stereocenters. The molecule has 0 aromatic heterocycles. The van der Waals surface area contributed by atoms with Crippen LogP contribution in [0.5, 0.6) is 11.5 Å². The summed E-state index contributed by atoms with van der Waals surface area (Å²) in [6.07, 6.45) is 0. The van der Waals surface area contributed by atoms with E-state index < -0.39 is 0 Å². The SMILES string of the molecule is COc1c(Br)c(Br)c(OC)c(CBr)c1CBr. The number of halogens is 4. The van der Waals surface area contributed by atoms with Crippen molar-refractivity contribution in [2.75, 3.05) is 14.2 Å². The topological polar surface area (TPSA) is 18.5 Å². The molecule has 0 spiro atoms. The molecular weight excluding hydrogens is 472 g/mol. The van der Waals surface area contributed by atoms with Gasteiger partial charge in [0.1, 0.15) is 11.5 Å². The molecule has 0 bridgehead atoms. The Bertz CT molecular complexity index is 356. The predicted molar refractivity (Wildman–Crippen MR) is 80.2 cm³/mol. The minimum atomic E-state index is 0.708. The Morgan fingerprint density at radius 1 is 0.812 bits per heavy atom. The average Bonchev–Trinajstić information content (AvgIpc) is 2.31. The van der Waals surface area contributed by atoms with Gasteiger partial charge in [0.15, 0.2) is 0 Å². The first-order valence-corrected chi connectivity index (χ1v) is 8.17.